The summed E-state index contributed by atoms with van der Waals surface area (Å²) >= 11 is 5.77. The lowest BCUT2D eigenvalue weighted by atomic mass is 10.1. The number of nitrogens with zero attached hydrogens (tertiary/aromatic N) is 1. The second kappa shape index (κ2) is 7.82. The van der Waals surface area contributed by atoms with Crippen LogP contribution in [0.3, 0.4) is 0 Å². The lowest BCUT2D eigenvalue weighted by Gasteiger charge is -2.34. The molecule has 0 aliphatic carbocycles. The quantitative estimate of drug-likeness (QED) is 0.794. The molecule has 124 valence electrons. The van der Waals surface area contributed by atoms with Crippen molar-refractivity contribution < 1.29 is 23.9 Å². The number of benzene rings is 1. The fourth-order valence-corrected chi connectivity index (χ4v) is 2.34. The average Bonchev–Trinajstić information content (AvgIpc) is 2.55. The van der Waals surface area contributed by atoms with Gasteiger partial charge in [0.15, 0.2) is 6.61 Å². The highest BCUT2D eigenvalue weighted by Gasteiger charge is 2.35. The first kappa shape index (κ1) is 17.1. The summed E-state index contributed by atoms with van der Waals surface area (Å²) in [4.78, 5) is 37.0. The van der Waals surface area contributed by atoms with E-state index in [1.54, 1.807) is 24.3 Å². The molecule has 0 radical (unpaired) electrons. The molecule has 0 saturated carbocycles. The van der Waals surface area contributed by atoms with Crippen molar-refractivity contribution >= 4 is 29.4 Å². The number of nitrogens with one attached hydrogen (secondary N) is 1. The molecule has 8 heteroatoms. The van der Waals surface area contributed by atoms with Crippen LogP contribution in [0.4, 0.5) is 0 Å². The van der Waals surface area contributed by atoms with Crippen molar-refractivity contribution in [2.45, 2.75) is 12.5 Å². The summed E-state index contributed by atoms with van der Waals surface area (Å²) in [6.45, 7) is 0.423. The van der Waals surface area contributed by atoms with Gasteiger partial charge in [-0.2, -0.15) is 0 Å². The van der Waals surface area contributed by atoms with E-state index >= 15 is 0 Å². The van der Waals surface area contributed by atoms with Gasteiger partial charge in [-0.25, -0.2) is 0 Å². The lowest BCUT2D eigenvalue weighted by molar-refractivity contribution is -0.151. The van der Waals surface area contributed by atoms with Gasteiger partial charge in [-0.15, -0.1) is 0 Å². The van der Waals surface area contributed by atoms with Gasteiger partial charge in [-0.05, 0) is 24.3 Å². The molecule has 0 aromatic heterocycles. The number of methoxy groups -OCH3 is 1. The normalized spacial score (nSPS) is 17.4. The lowest BCUT2D eigenvalue weighted by Crippen LogP contribution is -2.58. The summed E-state index contributed by atoms with van der Waals surface area (Å²) in [7, 11) is 1.23. The first-order chi connectivity index (χ1) is 11.0. The molecule has 2 rings (SSSR count). The summed E-state index contributed by atoms with van der Waals surface area (Å²) < 4.78 is 9.96. The number of carbonyl (C=O) groups is 3. The molecule has 1 fully saturated rings. The molecule has 1 aliphatic rings. The highest BCUT2D eigenvalue weighted by molar-refractivity contribution is 6.30. The van der Waals surface area contributed by atoms with Crippen LogP contribution >= 0.6 is 11.6 Å². The SMILES string of the molecule is COC(=O)C[C@@H]1C(=O)NCCN1C(=O)COc1ccc(Cl)cc1. The van der Waals surface area contributed by atoms with Crippen LogP contribution in [0.1, 0.15) is 6.42 Å². The summed E-state index contributed by atoms with van der Waals surface area (Å²) in [5.41, 5.74) is 0. The molecule has 1 aliphatic heterocycles. The van der Waals surface area contributed by atoms with Gasteiger partial charge in [0.05, 0.1) is 13.5 Å². The Balaban J connectivity index is 1.98. The Labute approximate surface area is 138 Å². The van der Waals surface area contributed by atoms with Gasteiger partial charge in [-0.3, -0.25) is 14.4 Å². The van der Waals surface area contributed by atoms with E-state index in [9.17, 15) is 14.4 Å². The average molecular weight is 341 g/mol. The van der Waals surface area contributed by atoms with Gasteiger partial charge < -0.3 is 19.7 Å². The standard InChI is InChI=1S/C15H17ClN2O5/c1-22-14(20)8-12-15(21)17-6-7-18(12)13(19)9-23-11-4-2-10(16)3-5-11/h2-5,12H,6-9H2,1H3,(H,17,21)/t12-/m1/s1. The number of ether oxygens (including phenoxy) is 2. The van der Waals surface area contributed by atoms with Crippen LogP contribution in [-0.4, -0.2) is 55.5 Å². The van der Waals surface area contributed by atoms with Crippen molar-refractivity contribution in [2.75, 3.05) is 26.8 Å². The molecule has 1 N–H and O–H groups in total. The highest BCUT2D eigenvalue weighted by atomic mass is 35.5. The van der Waals surface area contributed by atoms with E-state index in [1.807, 2.05) is 0 Å². The molecule has 23 heavy (non-hydrogen) atoms. The van der Waals surface area contributed by atoms with E-state index in [0.717, 1.165) is 0 Å². The van der Waals surface area contributed by atoms with Crippen molar-refractivity contribution in [1.82, 2.24) is 10.2 Å². The van der Waals surface area contributed by atoms with Crippen LogP contribution in [-0.2, 0) is 19.1 Å². The number of carbonyl (C=O) groups excluding carboxylic acids is 3. The van der Waals surface area contributed by atoms with Gasteiger partial charge >= 0.3 is 5.97 Å². The number of amides is 2. The van der Waals surface area contributed by atoms with Crippen LogP contribution < -0.4 is 10.1 Å². The molecular weight excluding hydrogens is 324 g/mol. The van der Waals surface area contributed by atoms with Crippen molar-refractivity contribution in [3.05, 3.63) is 29.3 Å². The van der Waals surface area contributed by atoms with E-state index in [4.69, 9.17) is 16.3 Å². The third-order valence-electron chi connectivity index (χ3n) is 3.41. The summed E-state index contributed by atoms with van der Waals surface area (Å²) in [5.74, 6) is -0.803. The van der Waals surface area contributed by atoms with Gasteiger partial charge in [-0.1, -0.05) is 11.6 Å². The van der Waals surface area contributed by atoms with E-state index < -0.39 is 12.0 Å². The predicted octanol–water partition coefficient (Wildman–Crippen LogP) is 0.609. The number of halogens is 1. The molecule has 1 saturated heterocycles. The van der Waals surface area contributed by atoms with Crippen molar-refractivity contribution in [1.29, 1.82) is 0 Å². The molecular formula is C15H17ClN2O5. The predicted molar refractivity (Wildman–Crippen MR) is 82.1 cm³/mol. The number of esters is 1. The Bertz CT molecular complexity index is 590. The Morgan fingerprint density at radius 3 is 2.70 bits per heavy atom. The van der Waals surface area contributed by atoms with Crippen LogP contribution in [0.25, 0.3) is 0 Å². The Hall–Kier alpha value is -2.28. The molecule has 2 amide bonds. The minimum Gasteiger partial charge on any atom is -0.484 e. The fourth-order valence-electron chi connectivity index (χ4n) is 2.22. The third kappa shape index (κ3) is 4.59. The second-order valence-electron chi connectivity index (χ2n) is 4.92. The second-order valence-corrected chi connectivity index (χ2v) is 5.35. The smallest absolute Gasteiger partial charge is 0.308 e. The molecule has 0 spiro atoms. The molecule has 1 atom stereocenters. The zero-order valence-electron chi connectivity index (χ0n) is 12.6. The molecule has 0 bridgehead atoms. The first-order valence-corrected chi connectivity index (χ1v) is 7.41. The van der Waals surface area contributed by atoms with Crippen LogP contribution in [0.2, 0.25) is 5.02 Å². The van der Waals surface area contributed by atoms with Crippen molar-refractivity contribution in [2.24, 2.45) is 0 Å². The minimum absolute atomic E-state index is 0.185. The maximum atomic E-state index is 12.3. The monoisotopic (exact) mass is 340 g/mol. The fraction of sp³-hybridized carbons (Fsp3) is 0.400. The maximum Gasteiger partial charge on any atom is 0.308 e. The van der Waals surface area contributed by atoms with E-state index in [0.29, 0.717) is 23.9 Å². The number of piperazine rings is 1. The molecule has 1 aromatic carbocycles. The summed E-state index contributed by atoms with van der Waals surface area (Å²) in [6.07, 6.45) is -0.185. The molecule has 0 unspecified atom stereocenters. The van der Waals surface area contributed by atoms with Crippen LogP contribution in [0.5, 0.6) is 5.75 Å². The first-order valence-electron chi connectivity index (χ1n) is 7.03. The van der Waals surface area contributed by atoms with Crippen molar-refractivity contribution in [3.63, 3.8) is 0 Å². The van der Waals surface area contributed by atoms with Gasteiger partial charge in [0, 0.05) is 18.1 Å². The van der Waals surface area contributed by atoms with Gasteiger partial charge in [0.1, 0.15) is 11.8 Å². The maximum absolute atomic E-state index is 12.3. The number of rotatable bonds is 5. The largest absolute Gasteiger partial charge is 0.484 e. The zero-order valence-corrected chi connectivity index (χ0v) is 13.3. The summed E-state index contributed by atoms with van der Waals surface area (Å²) in [6, 6.07) is 5.71. The van der Waals surface area contributed by atoms with E-state index in [2.05, 4.69) is 10.1 Å². The third-order valence-corrected chi connectivity index (χ3v) is 3.67. The van der Waals surface area contributed by atoms with E-state index in [-0.39, 0.29) is 24.8 Å². The Morgan fingerprint density at radius 1 is 1.35 bits per heavy atom. The Kier molecular flexibility index (Phi) is 5.81. The minimum atomic E-state index is -0.877. The van der Waals surface area contributed by atoms with Crippen LogP contribution in [0, 0.1) is 0 Å². The Morgan fingerprint density at radius 2 is 2.04 bits per heavy atom. The van der Waals surface area contributed by atoms with Crippen LogP contribution in [0.15, 0.2) is 24.3 Å². The molecule has 1 aromatic rings. The van der Waals surface area contributed by atoms with E-state index in [1.165, 1.54) is 12.0 Å². The highest BCUT2D eigenvalue weighted by Crippen LogP contribution is 2.16. The number of hydrogen-bond donors (Lipinski definition) is 1. The zero-order chi connectivity index (χ0) is 16.8. The van der Waals surface area contributed by atoms with Gasteiger partial charge in [0.25, 0.3) is 5.91 Å². The number of hydrogen-bond acceptors (Lipinski definition) is 5. The van der Waals surface area contributed by atoms with Gasteiger partial charge in [0.2, 0.25) is 5.91 Å². The van der Waals surface area contributed by atoms with Crippen molar-refractivity contribution in [3.8, 4) is 5.75 Å². The topological polar surface area (TPSA) is 84.9 Å². The molecule has 1 heterocycles. The molecule has 7 nitrogen and oxygen atoms in total. The summed E-state index contributed by atoms with van der Waals surface area (Å²) in [5, 5.41) is 3.19.